The molecule has 6 rings (SSSR count). The van der Waals surface area contributed by atoms with Crippen molar-refractivity contribution < 1.29 is 19.1 Å². The number of pyridine rings is 1. The summed E-state index contributed by atoms with van der Waals surface area (Å²) in [4.78, 5) is 36.9. The molecule has 0 aliphatic heterocycles. The zero-order valence-electron chi connectivity index (χ0n) is 20.9. The van der Waals surface area contributed by atoms with Crippen molar-refractivity contribution in [2.24, 2.45) is 0 Å². The summed E-state index contributed by atoms with van der Waals surface area (Å²) in [5.74, 6) is 0.0495. The molecule has 0 fully saturated rings. The lowest BCUT2D eigenvalue weighted by Gasteiger charge is -2.17. The number of rotatable bonds is 7. The molecule has 0 saturated heterocycles. The van der Waals surface area contributed by atoms with Crippen LogP contribution in [0, 0.1) is 0 Å². The van der Waals surface area contributed by atoms with Gasteiger partial charge in [0.05, 0.1) is 5.69 Å². The molecule has 2 amide bonds. The highest BCUT2D eigenvalue weighted by Gasteiger charge is 2.23. The summed E-state index contributed by atoms with van der Waals surface area (Å²) in [6.07, 6.45) is 3.16. The first kappa shape index (κ1) is 24.6. The maximum Gasteiger partial charge on any atom is 0.405 e. The fourth-order valence-corrected chi connectivity index (χ4v) is 4.49. The third-order valence-electron chi connectivity index (χ3n) is 6.32. The van der Waals surface area contributed by atoms with Gasteiger partial charge in [0, 0.05) is 51.7 Å². The van der Waals surface area contributed by atoms with Gasteiger partial charge in [-0.2, -0.15) is 0 Å². The van der Waals surface area contributed by atoms with Crippen LogP contribution in [0.3, 0.4) is 0 Å². The Labute approximate surface area is 227 Å². The number of hydrogen-bond acceptors (Lipinski definition) is 7. The van der Waals surface area contributed by atoms with Gasteiger partial charge in [-0.15, -0.1) is 0 Å². The summed E-state index contributed by atoms with van der Waals surface area (Å²) in [7, 11) is 0. The minimum Gasteiger partial charge on any atom is -0.465 e. The lowest BCUT2D eigenvalue weighted by Crippen LogP contribution is -2.36. The highest BCUT2D eigenvalue weighted by atomic mass is 16.4. The van der Waals surface area contributed by atoms with Gasteiger partial charge in [-0.25, -0.2) is 14.8 Å². The Morgan fingerprint density at radius 3 is 2.45 bits per heavy atom. The molecule has 0 aliphatic rings. The zero-order chi connectivity index (χ0) is 27.5. The van der Waals surface area contributed by atoms with E-state index in [1.54, 1.807) is 42.6 Å². The van der Waals surface area contributed by atoms with Crippen molar-refractivity contribution in [2.75, 3.05) is 10.6 Å². The molecule has 4 N–H and O–H groups in total. The highest BCUT2D eigenvalue weighted by molar-refractivity contribution is 6.09. The SMILES string of the molecule is O=C(O)NC(C(=O)Nc1ccc(Nc2cc(-c3cccc4c3oc3ccccc34)ncn2)cc1)c1cccnc1. The Kier molecular flexibility index (Phi) is 6.47. The van der Waals surface area contributed by atoms with Crippen molar-refractivity contribution in [3.05, 3.63) is 109 Å². The molecule has 3 heterocycles. The first-order valence-electron chi connectivity index (χ1n) is 12.4. The van der Waals surface area contributed by atoms with Crippen molar-refractivity contribution in [3.63, 3.8) is 0 Å². The first-order valence-corrected chi connectivity index (χ1v) is 12.4. The predicted molar refractivity (Wildman–Crippen MR) is 151 cm³/mol. The number of amides is 2. The van der Waals surface area contributed by atoms with Gasteiger partial charge in [0.15, 0.2) is 0 Å². The molecule has 0 aliphatic carbocycles. The number of nitrogens with zero attached hydrogens (tertiary/aromatic N) is 3. The van der Waals surface area contributed by atoms with Gasteiger partial charge in [-0.3, -0.25) is 9.78 Å². The fourth-order valence-electron chi connectivity index (χ4n) is 4.49. The van der Waals surface area contributed by atoms with Crippen molar-refractivity contribution >= 4 is 51.1 Å². The molecule has 10 heteroatoms. The average Bonchev–Trinajstić information content (AvgIpc) is 3.36. The van der Waals surface area contributed by atoms with E-state index < -0.39 is 18.0 Å². The van der Waals surface area contributed by atoms with Gasteiger partial charge < -0.3 is 25.5 Å². The van der Waals surface area contributed by atoms with E-state index in [0.717, 1.165) is 33.2 Å². The fraction of sp³-hybridized carbons (Fsp3) is 0.0333. The maximum atomic E-state index is 12.8. The summed E-state index contributed by atoms with van der Waals surface area (Å²) in [5, 5.41) is 19.5. The third-order valence-corrected chi connectivity index (χ3v) is 6.32. The van der Waals surface area contributed by atoms with Crippen LogP contribution in [0.15, 0.2) is 108 Å². The number of nitrogens with one attached hydrogen (secondary N) is 3. The number of para-hydroxylation sites is 2. The molecule has 6 aromatic rings. The summed E-state index contributed by atoms with van der Waals surface area (Å²) in [6, 6.07) is 24.8. The van der Waals surface area contributed by atoms with Crippen LogP contribution in [-0.4, -0.2) is 32.1 Å². The Balaban J connectivity index is 1.19. The van der Waals surface area contributed by atoms with Crippen LogP contribution in [0.1, 0.15) is 11.6 Å². The van der Waals surface area contributed by atoms with Gasteiger partial charge >= 0.3 is 6.09 Å². The number of carboxylic acid groups (broad SMARTS) is 1. The smallest absolute Gasteiger partial charge is 0.405 e. The average molecular weight is 531 g/mol. The third kappa shape index (κ3) is 5.01. The van der Waals surface area contributed by atoms with Crippen LogP contribution < -0.4 is 16.0 Å². The van der Waals surface area contributed by atoms with Gasteiger partial charge in [0.1, 0.15) is 29.4 Å². The molecule has 0 radical (unpaired) electrons. The van der Waals surface area contributed by atoms with Gasteiger partial charge in [0.25, 0.3) is 5.91 Å². The molecule has 0 saturated carbocycles. The Morgan fingerprint density at radius 2 is 1.65 bits per heavy atom. The molecule has 3 aromatic heterocycles. The summed E-state index contributed by atoms with van der Waals surface area (Å²) < 4.78 is 6.15. The quantitative estimate of drug-likeness (QED) is 0.193. The second-order valence-electron chi connectivity index (χ2n) is 8.93. The Bertz CT molecular complexity index is 1840. The highest BCUT2D eigenvalue weighted by Crippen LogP contribution is 2.35. The maximum absolute atomic E-state index is 12.8. The number of carbonyl (C=O) groups excluding carboxylic acids is 1. The van der Waals surface area contributed by atoms with Crippen LogP contribution in [0.5, 0.6) is 0 Å². The molecule has 1 unspecified atom stereocenters. The summed E-state index contributed by atoms with van der Waals surface area (Å²) in [6.45, 7) is 0. The summed E-state index contributed by atoms with van der Waals surface area (Å²) in [5.41, 5.74) is 4.80. The van der Waals surface area contributed by atoms with Crippen LogP contribution in [0.25, 0.3) is 33.2 Å². The second kappa shape index (κ2) is 10.5. The van der Waals surface area contributed by atoms with Crippen molar-refractivity contribution in [1.82, 2.24) is 20.3 Å². The Hall–Kier alpha value is -5.77. The number of benzene rings is 3. The molecule has 3 aromatic carbocycles. The number of aromatic nitrogens is 3. The lowest BCUT2D eigenvalue weighted by atomic mass is 10.1. The lowest BCUT2D eigenvalue weighted by molar-refractivity contribution is -0.118. The van der Waals surface area contributed by atoms with E-state index in [1.165, 1.54) is 12.5 Å². The molecule has 40 heavy (non-hydrogen) atoms. The standard InChI is InChI=1S/C30H22N6O4/c37-29(27(36-30(38)39)18-5-4-14-31-16-18)35-20-12-10-19(11-13-20)34-26-15-24(32-17-33-26)23-8-3-7-22-21-6-1-2-9-25(21)40-28(22)23/h1-17,27,36H,(H,35,37)(H,38,39)(H,32,33,34). The Morgan fingerprint density at radius 1 is 0.850 bits per heavy atom. The number of hydrogen-bond donors (Lipinski definition) is 4. The van der Waals surface area contributed by atoms with Crippen molar-refractivity contribution in [2.45, 2.75) is 6.04 Å². The van der Waals surface area contributed by atoms with Crippen molar-refractivity contribution in [3.8, 4) is 11.3 Å². The van der Waals surface area contributed by atoms with Gasteiger partial charge in [-0.05, 0) is 42.5 Å². The van der Waals surface area contributed by atoms with E-state index in [2.05, 4.69) is 30.9 Å². The topological polar surface area (TPSA) is 142 Å². The summed E-state index contributed by atoms with van der Waals surface area (Å²) >= 11 is 0. The van der Waals surface area contributed by atoms with E-state index in [9.17, 15) is 14.7 Å². The van der Waals surface area contributed by atoms with Gasteiger partial charge in [0.2, 0.25) is 0 Å². The van der Waals surface area contributed by atoms with Crippen LogP contribution in [0.4, 0.5) is 22.0 Å². The monoisotopic (exact) mass is 530 g/mol. The molecule has 10 nitrogen and oxygen atoms in total. The molecule has 0 spiro atoms. The van der Waals surface area contributed by atoms with Crippen LogP contribution in [0.2, 0.25) is 0 Å². The number of anilines is 3. The molecular formula is C30H22N6O4. The number of carbonyl (C=O) groups is 2. The first-order chi connectivity index (χ1) is 19.5. The van der Waals surface area contributed by atoms with Crippen LogP contribution >= 0.6 is 0 Å². The normalized spacial score (nSPS) is 11.7. The van der Waals surface area contributed by atoms with Crippen molar-refractivity contribution in [1.29, 1.82) is 0 Å². The van der Waals surface area contributed by atoms with E-state index in [-0.39, 0.29) is 0 Å². The number of furan rings is 1. The predicted octanol–water partition coefficient (Wildman–Crippen LogP) is 6.13. The minimum atomic E-state index is -1.32. The molecule has 0 bridgehead atoms. The molecule has 1 atom stereocenters. The van der Waals surface area contributed by atoms with Gasteiger partial charge in [-0.1, -0.05) is 36.4 Å². The minimum absolute atomic E-state index is 0.429. The van der Waals surface area contributed by atoms with Crippen LogP contribution in [-0.2, 0) is 4.79 Å². The second-order valence-corrected chi connectivity index (χ2v) is 8.93. The van der Waals surface area contributed by atoms with E-state index in [0.29, 0.717) is 22.8 Å². The number of fused-ring (bicyclic) bond motifs is 3. The zero-order valence-corrected chi connectivity index (χ0v) is 20.9. The molecular weight excluding hydrogens is 508 g/mol. The van der Waals surface area contributed by atoms with E-state index in [4.69, 9.17) is 4.42 Å². The molecule has 196 valence electrons. The van der Waals surface area contributed by atoms with E-state index in [1.807, 2.05) is 48.5 Å². The van der Waals surface area contributed by atoms with E-state index >= 15 is 0 Å². The largest absolute Gasteiger partial charge is 0.465 e.